The first-order valence-corrected chi connectivity index (χ1v) is 5.34. The summed E-state index contributed by atoms with van der Waals surface area (Å²) in [6.07, 6.45) is -0.596. The van der Waals surface area contributed by atoms with Gasteiger partial charge in [-0.1, -0.05) is 37.3 Å². The minimum absolute atomic E-state index is 0.218. The van der Waals surface area contributed by atoms with Gasteiger partial charge in [0.1, 0.15) is 0 Å². The summed E-state index contributed by atoms with van der Waals surface area (Å²) in [4.78, 5) is 10.4. The van der Waals surface area contributed by atoms with Crippen molar-refractivity contribution < 1.29 is 15.0 Å². The second-order valence-corrected chi connectivity index (χ2v) is 3.66. The highest BCUT2D eigenvalue weighted by molar-refractivity contribution is 5.71. The summed E-state index contributed by atoms with van der Waals surface area (Å²) in [6, 6.07) is 9.85. The van der Waals surface area contributed by atoms with E-state index < -0.39 is 12.2 Å². The molecule has 0 heterocycles. The molecular weight excluding hydrogens is 206 g/mol. The maximum absolute atomic E-state index is 10.4. The minimum atomic E-state index is -1.49. The van der Waals surface area contributed by atoms with Crippen LogP contribution in [0.25, 0.3) is 0 Å². The van der Waals surface area contributed by atoms with Crippen LogP contribution in [0, 0.1) is 0 Å². The van der Waals surface area contributed by atoms with Crippen LogP contribution in [0.5, 0.6) is 0 Å². The Morgan fingerprint density at radius 3 is 2.50 bits per heavy atom. The maximum atomic E-state index is 10.4. The minimum Gasteiger partial charge on any atom is -0.478 e. The van der Waals surface area contributed by atoms with Gasteiger partial charge in [-0.2, -0.15) is 0 Å². The molecule has 16 heavy (non-hydrogen) atoms. The number of nitrogens with one attached hydrogen (secondary N) is 1. The number of aliphatic hydroxyl groups excluding tert-OH is 1. The number of carbonyl (C=O) groups is 1. The number of hydrogen-bond acceptors (Lipinski definition) is 3. The summed E-state index contributed by atoms with van der Waals surface area (Å²) >= 11 is 0. The van der Waals surface area contributed by atoms with Crippen LogP contribution < -0.4 is 5.32 Å². The average molecular weight is 223 g/mol. The van der Waals surface area contributed by atoms with Crippen LogP contribution in [0.4, 0.5) is 0 Å². The molecule has 0 aliphatic carbocycles. The van der Waals surface area contributed by atoms with E-state index in [1.807, 2.05) is 37.3 Å². The van der Waals surface area contributed by atoms with Crippen LogP contribution in [0.1, 0.15) is 24.8 Å². The summed E-state index contributed by atoms with van der Waals surface area (Å²) in [5.41, 5.74) is 1.15. The van der Waals surface area contributed by atoms with Crippen LogP contribution in [0.2, 0.25) is 0 Å². The van der Waals surface area contributed by atoms with Gasteiger partial charge in [0.2, 0.25) is 6.23 Å². The van der Waals surface area contributed by atoms with Gasteiger partial charge in [0, 0.05) is 6.54 Å². The predicted molar refractivity (Wildman–Crippen MR) is 61.1 cm³/mol. The Kier molecular flexibility index (Phi) is 4.95. The van der Waals surface area contributed by atoms with E-state index >= 15 is 0 Å². The van der Waals surface area contributed by atoms with E-state index in [1.165, 1.54) is 0 Å². The highest BCUT2D eigenvalue weighted by Crippen LogP contribution is 2.17. The van der Waals surface area contributed by atoms with E-state index in [0.717, 1.165) is 12.0 Å². The molecule has 0 spiro atoms. The van der Waals surface area contributed by atoms with Crippen molar-refractivity contribution in [3.8, 4) is 0 Å². The van der Waals surface area contributed by atoms with E-state index in [0.29, 0.717) is 6.54 Å². The molecule has 0 aliphatic heterocycles. The predicted octanol–water partition coefficient (Wildman–Crippen LogP) is 1.17. The summed E-state index contributed by atoms with van der Waals surface area (Å²) in [6.45, 7) is 2.49. The average Bonchev–Trinajstić information content (AvgIpc) is 2.30. The molecule has 4 heteroatoms. The molecule has 4 nitrogen and oxygen atoms in total. The smallest absolute Gasteiger partial charge is 0.347 e. The van der Waals surface area contributed by atoms with Gasteiger partial charge < -0.3 is 10.2 Å². The summed E-state index contributed by atoms with van der Waals surface area (Å²) in [5.74, 6) is -1.03. The molecule has 1 aromatic carbocycles. The first-order chi connectivity index (χ1) is 7.65. The Morgan fingerprint density at radius 1 is 1.38 bits per heavy atom. The Hall–Kier alpha value is -1.39. The van der Waals surface area contributed by atoms with Crippen molar-refractivity contribution in [3.63, 3.8) is 0 Å². The van der Waals surface area contributed by atoms with E-state index in [4.69, 9.17) is 10.2 Å². The third-order valence-corrected chi connectivity index (χ3v) is 2.56. The summed E-state index contributed by atoms with van der Waals surface area (Å²) < 4.78 is 0. The fraction of sp³-hybridized carbons (Fsp3) is 0.417. The fourth-order valence-corrected chi connectivity index (χ4v) is 1.56. The van der Waals surface area contributed by atoms with Gasteiger partial charge in [-0.15, -0.1) is 0 Å². The van der Waals surface area contributed by atoms with Crippen LogP contribution in [-0.2, 0) is 4.79 Å². The van der Waals surface area contributed by atoms with Gasteiger partial charge in [-0.05, 0) is 17.9 Å². The molecular formula is C12H17NO3. The quantitative estimate of drug-likeness (QED) is 0.633. The Labute approximate surface area is 94.9 Å². The standard InChI is InChI=1S/C12H17NO3/c1-2-9(8-13-11(14)12(15)16)10-6-4-3-5-7-10/h3-7,9,11,13-14H,2,8H2,1H3,(H,15,16)/t9-,11?/m0/s1. The van der Waals surface area contributed by atoms with Gasteiger partial charge in [0.25, 0.3) is 0 Å². The fourth-order valence-electron chi connectivity index (χ4n) is 1.56. The van der Waals surface area contributed by atoms with Crippen molar-refractivity contribution in [1.82, 2.24) is 5.32 Å². The van der Waals surface area contributed by atoms with Crippen LogP contribution in [-0.4, -0.2) is 29.0 Å². The molecule has 0 aromatic heterocycles. The zero-order valence-electron chi connectivity index (χ0n) is 9.26. The Balaban J connectivity index is 2.53. The lowest BCUT2D eigenvalue weighted by Gasteiger charge is -2.17. The number of rotatable bonds is 6. The zero-order chi connectivity index (χ0) is 12.0. The van der Waals surface area contributed by atoms with Gasteiger partial charge in [0.15, 0.2) is 0 Å². The molecule has 0 aliphatic rings. The van der Waals surface area contributed by atoms with Crippen molar-refractivity contribution in [2.75, 3.05) is 6.54 Å². The van der Waals surface area contributed by atoms with Crippen molar-refractivity contribution in [2.24, 2.45) is 0 Å². The van der Waals surface area contributed by atoms with Gasteiger partial charge in [0.05, 0.1) is 0 Å². The maximum Gasteiger partial charge on any atom is 0.347 e. The molecule has 0 saturated carbocycles. The lowest BCUT2D eigenvalue weighted by atomic mass is 9.96. The molecule has 0 saturated heterocycles. The van der Waals surface area contributed by atoms with Gasteiger partial charge in [-0.3, -0.25) is 5.32 Å². The third kappa shape index (κ3) is 3.64. The largest absolute Gasteiger partial charge is 0.478 e. The molecule has 0 amide bonds. The number of carboxylic acid groups (broad SMARTS) is 1. The van der Waals surface area contributed by atoms with E-state index in [1.54, 1.807) is 0 Å². The van der Waals surface area contributed by atoms with E-state index in [2.05, 4.69) is 5.32 Å². The molecule has 88 valence electrons. The summed E-state index contributed by atoms with van der Waals surface area (Å²) in [5, 5.41) is 20.2. The molecule has 1 rings (SSSR count). The van der Waals surface area contributed by atoms with Crippen molar-refractivity contribution in [1.29, 1.82) is 0 Å². The molecule has 0 fully saturated rings. The Bertz CT molecular complexity index is 326. The van der Waals surface area contributed by atoms with Crippen LogP contribution in [0.3, 0.4) is 0 Å². The molecule has 1 aromatic rings. The molecule has 2 atom stereocenters. The lowest BCUT2D eigenvalue weighted by molar-refractivity contribution is -0.148. The zero-order valence-corrected chi connectivity index (χ0v) is 9.26. The first-order valence-electron chi connectivity index (χ1n) is 5.34. The number of benzene rings is 1. The number of hydrogen-bond donors (Lipinski definition) is 3. The van der Waals surface area contributed by atoms with Crippen molar-refractivity contribution in [2.45, 2.75) is 25.5 Å². The number of aliphatic hydroxyl groups is 1. The van der Waals surface area contributed by atoms with Crippen LogP contribution >= 0.6 is 0 Å². The highest BCUT2D eigenvalue weighted by atomic mass is 16.4. The topological polar surface area (TPSA) is 69.6 Å². The number of carboxylic acids is 1. The monoisotopic (exact) mass is 223 g/mol. The first kappa shape index (κ1) is 12.7. The van der Waals surface area contributed by atoms with E-state index in [9.17, 15) is 4.79 Å². The van der Waals surface area contributed by atoms with Gasteiger partial charge >= 0.3 is 5.97 Å². The SMILES string of the molecule is CC[C@@H](CNC(O)C(=O)O)c1ccccc1. The number of aliphatic carboxylic acids is 1. The highest BCUT2D eigenvalue weighted by Gasteiger charge is 2.15. The third-order valence-electron chi connectivity index (χ3n) is 2.56. The van der Waals surface area contributed by atoms with E-state index in [-0.39, 0.29) is 5.92 Å². The normalized spacial score (nSPS) is 14.4. The molecule has 0 bridgehead atoms. The molecule has 1 unspecified atom stereocenters. The van der Waals surface area contributed by atoms with Gasteiger partial charge in [-0.25, -0.2) is 4.79 Å². The van der Waals surface area contributed by atoms with Crippen LogP contribution in [0.15, 0.2) is 30.3 Å². The lowest BCUT2D eigenvalue weighted by Crippen LogP contribution is -2.38. The molecule has 0 radical (unpaired) electrons. The van der Waals surface area contributed by atoms with Crippen molar-refractivity contribution in [3.05, 3.63) is 35.9 Å². The second kappa shape index (κ2) is 6.25. The molecule has 3 N–H and O–H groups in total. The second-order valence-electron chi connectivity index (χ2n) is 3.66. The Morgan fingerprint density at radius 2 is 2.00 bits per heavy atom. The van der Waals surface area contributed by atoms with Crippen molar-refractivity contribution >= 4 is 5.97 Å². The summed E-state index contributed by atoms with van der Waals surface area (Å²) in [7, 11) is 0.